The summed E-state index contributed by atoms with van der Waals surface area (Å²) in [4.78, 5) is 9.08. The van der Waals surface area contributed by atoms with Gasteiger partial charge in [0, 0.05) is 28.7 Å². The van der Waals surface area contributed by atoms with Crippen LogP contribution in [-0.2, 0) is 0 Å². The van der Waals surface area contributed by atoms with E-state index in [0.29, 0.717) is 17.3 Å². The highest BCUT2D eigenvalue weighted by Crippen LogP contribution is 2.49. The van der Waals surface area contributed by atoms with E-state index in [1.807, 2.05) is 25.4 Å². The fourth-order valence-electron chi connectivity index (χ4n) is 5.12. The number of phenols is 1. The quantitative estimate of drug-likeness (QED) is 0.501. The van der Waals surface area contributed by atoms with Crippen molar-refractivity contribution in [2.45, 2.75) is 63.6 Å². The summed E-state index contributed by atoms with van der Waals surface area (Å²) < 4.78 is 3.23. The Labute approximate surface area is 178 Å². The van der Waals surface area contributed by atoms with E-state index >= 15 is 0 Å². The average molecular weight is 421 g/mol. The zero-order valence-electron chi connectivity index (χ0n) is 17.3. The summed E-state index contributed by atoms with van der Waals surface area (Å²) in [7, 11) is 0. The Morgan fingerprint density at radius 2 is 1.97 bits per heavy atom. The van der Waals surface area contributed by atoms with Gasteiger partial charge in [0.1, 0.15) is 11.3 Å². The second-order valence-corrected chi connectivity index (χ2v) is 10.7. The molecule has 1 saturated carbocycles. The van der Waals surface area contributed by atoms with Crippen molar-refractivity contribution in [3.8, 4) is 17.0 Å². The van der Waals surface area contributed by atoms with Gasteiger partial charge in [-0.25, -0.2) is 9.97 Å². The molecular formula is C22H24N6OS. The second kappa shape index (κ2) is 5.98. The van der Waals surface area contributed by atoms with Crippen molar-refractivity contribution >= 4 is 32.7 Å². The molecule has 4 heterocycles. The van der Waals surface area contributed by atoms with Crippen LogP contribution in [0.15, 0.2) is 24.5 Å². The molecule has 2 fully saturated rings. The lowest BCUT2D eigenvalue weighted by Crippen LogP contribution is -2.54. The first-order valence-electron chi connectivity index (χ1n) is 10.4. The maximum atomic E-state index is 10.5. The lowest BCUT2D eigenvalue weighted by molar-refractivity contribution is 0.172. The Kier molecular flexibility index (Phi) is 3.63. The fraction of sp³-hybridized carbons (Fsp3) is 0.455. The lowest BCUT2D eigenvalue weighted by atomic mass is 9.84. The molecule has 1 spiro atoms. The van der Waals surface area contributed by atoms with E-state index in [-0.39, 0.29) is 16.8 Å². The van der Waals surface area contributed by atoms with Crippen LogP contribution in [0.25, 0.3) is 32.6 Å². The zero-order valence-corrected chi connectivity index (χ0v) is 18.1. The number of piperidine rings is 1. The minimum absolute atomic E-state index is 0.0947. The molecule has 0 bridgehead atoms. The monoisotopic (exact) mass is 420 g/mol. The number of nitrogens with one attached hydrogen (secondary N) is 1. The predicted octanol–water partition coefficient (Wildman–Crippen LogP) is 4.35. The van der Waals surface area contributed by atoms with Crippen LogP contribution in [0.5, 0.6) is 5.75 Å². The number of nitrogens with zero attached hydrogens (tertiary/aromatic N) is 5. The molecular weight excluding hydrogens is 396 g/mol. The number of aryl methyl sites for hydroxylation is 1. The van der Waals surface area contributed by atoms with Crippen LogP contribution in [0.2, 0.25) is 0 Å². The van der Waals surface area contributed by atoms with Crippen molar-refractivity contribution in [3.05, 3.63) is 29.5 Å². The third-order valence-corrected chi connectivity index (χ3v) is 7.37. The maximum absolute atomic E-state index is 10.5. The molecule has 1 unspecified atom stereocenters. The summed E-state index contributed by atoms with van der Waals surface area (Å²) in [5.41, 5.74) is 4.09. The summed E-state index contributed by atoms with van der Waals surface area (Å²) in [5.74, 6) is 0.164. The smallest absolute Gasteiger partial charge is 0.182 e. The summed E-state index contributed by atoms with van der Waals surface area (Å²) in [6, 6.07) is 5.92. The van der Waals surface area contributed by atoms with Gasteiger partial charge >= 0.3 is 0 Å². The molecule has 2 N–H and O–H groups in total. The van der Waals surface area contributed by atoms with Crippen molar-refractivity contribution < 1.29 is 5.11 Å². The summed E-state index contributed by atoms with van der Waals surface area (Å²) >= 11 is 1.61. The Balaban J connectivity index is 1.40. The topological polar surface area (TPSA) is 88.8 Å². The van der Waals surface area contributed by atoms with Gasteiger partial charge < -0.3 is 15.0 Å². The molecule has 1 saturated heterocycles. The molecule has 6 rings (SSSR count). The highest BCUT2D eigenvalue weighted by atomic mass is 32.1. The SMILES string of the molecule is Cc1nc2cc(O)c(-c3cc4ncn(C5CC(C)(C)NC6(CC6)C5)c4nn3)cc2s1. The van der Waals surface area contributed by atoms with E-state index in [2.05, 4.69) is 43.9 Å². The van der Waals surface area contributed by atoms with Crippen LogP contribution >= 0.6 is 11.3 Å². The summed E-state index contributed by atoms with van der Waals surface area (Å²) in [6.45, 7) is 6.53. The summed E-state index contributed by atoms with van der Waals surface area (Å²) in [6.07, 6.45) is 6.53. The molecule has 1 aliphatic heterocycles. The number of rotatable bonds is 2. The number of aromatic hydroxyl groups is 1. The standard InChI is InChI=1S/C22H24N6OS/c1-12-24-16-8-18(29)14(6-19(16)30-12)15-7-17-20(26-25-15)28(11-23-17)13-9-21(2,3)27-22(10-13)4-5-22/h6-8,11,13,27,29H,4-5,9-10H2,1-3H3. The van der Waals surface area contributed by atoms with Crippen LogP contribution in [0, 0.1) is 6.92 Å². The van der Waals surface area contributed by atoms with Crippen molar-refractivity contribution in [1.82, 2.24) is 30.0 Å². The average Bonchev–Trinajstić information content (AvgIpc) is 3.10. The van der Waals surface area contributed by atoms with Crippen LogP contribution in [0.1, 0.15) is 50.6 Å². The molecule has 4 aromatic rings. The van der Waals surface area contributed by atoms with Gasteiger partial charge in [0.2, 0.25) is 0 Å². The Hall–Kier alpha value is -2.58. The van der Waals surface area contributed by atoms with Gasteiger partial charge in [0.25, 0.3) is 0 Å². The minimum atomic E-state index is 0.0947. The third kappa shape index (κ3) is 2.89. The number of hydrogen-bond acceptors (Lipinski definition) is 7. The Bertz CT molecular complexity index is 1300. The molecule has 2 aliphatic rings. The van der Waals surface area contributed by atoms with Gasteiger partial charge in [-0.2, -0.15) is 0 Å². The largest absolute Gasteiger partial charge is 0.507 e. The number of thiazole rings is 1. The number of fused-ring (bicyclic) bond motifs is 2. The maximum Gasteiger partial charge on any atom is 0.182 e. The molecule has 0 radical (unpaired) electrons. The minimum Gasteiger partial charge on any atom is -0.507 e. The molecule has 1 aliphatic carbocycles. The molecule has 1 aromatic carbocycles. The first-order valence-corrected chi connectivity index (χ1v) is 11.2. The first-order chi connectivity index (χ1) is 14.3. The van der Waals surface area contributed by atoms with E-state index in [4.69, 9.17) is 0 Å². The van der Waals surface area contributed by atoms with Crippen LogP contribution in [-0.4, -0.2) is 40.9 Å². The van der Waals surface area contributed by atoms with E-state index in [1.54, 1.807) is 17.4 Å². The van der Waals surface area contributed by atoms with Gasteiger partial charge in [0.15, 0.2) is 5.65 Å². The summed E-state index contributed by atoms with van der Waals surface area (Å²) in [5, 5.41) is 24.4. The van der Waals surface area contributed by atoms with Gasteiger partial charge in [-0.05, 0) is 58.6 Å². The number of benzene rings is 1. The molecule has 30 heavy (non-hydrogen) atoms. The molecule has 154 valence electrons. The second-order valence-electron chi connectivity index (χ2n) is 9.51. The van der Waals surface area contributed by atoms with Gasteiger partial charge in [0.05, 0.1) is 27.2 Å². The van der Waals surface area contributed by atoms with Crippen molar-refractivity contribution in [3.63, 3.8) is 0 Å². The predicted molar refractivity (Wildman–Crippen MR) is 118 cm³/mol. The molecule has 3 aromatic heterocycles. The normalized spacial score (nSPS) is 22.2. The molecule has 1 atom stereocenters. The van der Waals surface area contributed by atoms with Gasteiger partial charge in [-0.3, -0.25) is 0 Å². The lowest BCUT2D eigenvalue weighted by Gasteiger charge is -2.42. The Morgan fingerprint density at radius 3 is 2.77 bits per heavy atom. The van der Waals surface area contributed by atoms with Crippen molar-refractivity contribution in [2.75, 3.05) is 0 Å². The van der Waals surface area contributed by atoms with E-state index in [1.165, 1.54) is 12.8 Å². The van der Waals surface area contributed by atoms with E-state index < -0.39 is 0 Å². The molecule has 8 heteroatoms. The van der Waals surface area contributed by atoms with Crippen LogP contribution in [0.4, 0.5) is 0 Å². The highest BCUT2D eigenvalue weighted by molar-refractivity contribution is 7.18. The number of aromatic nitrogens is 5. The highest BCUT2D eigenvalue weighted by Gasteiger charge is 2.51. The van der Waals surface area contributed by atoms with Crippen LogP contribution < -0.4 is 5.32 Å². The fourth-order valence-corrected chi connectivity index (χ4v) is 5.97. The van der Waals surface area contributed by atoms with Gasteiger partial charge in [-0.15, -0.1) is 21.5 Å². The Morgan fingerprint density at radius 1 is 1.13 bits per heavy atom. The van der Waals surface area contributed by atoms with E-state index in [9.17, 15) is 5.11 Å². The zero-order chi connectivity index (χ0) is 20.7. The molecule has 0 amide bonds. The third-order valence-electron chi connectivity index (χ3n) is 6.43. The first kappa shape index (κ1) is 18.2. The van der Waals surface area contributed by atoms with Crippen LogP contribution in [0.3, 0.4) is 0 Å². The van der Waals surface area contributed by atoms with Crippen molar-refractivity contribution in [2.24, 2.45) is 0 Å². The molecule has 7 nitrogen and oxygen atoms in total. The number of imidazole rings is 1. The van der Waals surface area contributed by atoms with Crippen molar-refractivity contribution in [1.29, 1.82) is 0 Å². The number of phenolic OH excluding ortho intramolecular Hbond substituents is 1. The number of hydrogen-bond donors (Lipinski definition) is 2. The van der Waals surface area contributed by atoms with Gasteiger partial charge in [-0.1, -0.05) is 0 Å². The van der Waals surface area contributed by atoms with E-state index in [0.717, 1.165) is 39.2 Å².